The average Bonchev–Trinajstić information content (AvgIpc) is 3.01. The van der Waals surface area contributed by atoms with Crippen molar-refractivity contribution in [3.05, 3.63) is 59.7 Å². The second kappa shape index (κ2) is 8.09. The van der Waals surface area contributed by atoms with E-state index in [1.165, 1.54) is 11.3 Å². The maximum atomic E-state index is 12.0. The second-order valence-electron chi connectivity index (χ2n) is 5.97. The number of thiazole rings is 1. The second-order valence-corrected chi connectivity index (χ2v) is 7.00. The molecule has 0 spiro atoms. The lowest BCUT2D eigenvalue weighted by atomic mass is 10.1. The number of anilines is 1. The van der Waals surface area contributed by atoms with Gasteiger partial charge in [0.25, 0.3) is 0 Å². The highest BCUT2D eigenvalue weighted by Crippen LogP contribution is 2.25. The zero-order valence-corrected chi connectivity index (χ0v) is 15.1. The minimum absolute atomic E-state index is 0.215. The van der Waals surface area contributed by atoms with Crippen LogP contribution in [0.15, 0.2) is 48.5 Å². The molecule has 0 radical (unpaired) electrons. The summed E-state index contributed by atoms with van der Waals surface area (Å²) in [4.78, 5) is 16.4. The monoisotopic (exact) mass is 355 g/mol. The van der Waals surface area contributed by atoms with E-state index in [0.717, 1.165) is 21.3 Å². The lowest BCUT2D eigenvalue weighted by molar-refractivity contribution is 0.0657. The van der Waals surface area contributed by atoms with Crippen molar-refractivity contribution in [2.75, 3.05) is 5.32 Å². The Balaban J connectivity index is 1.50. The highest BCUT2D eigenvalue weighted by atomic mass is 32.1. The van der Waals surface area contributed by atoms with E-state index < -0.39 is 0 Å². The van der Waals surface area contributed by atoms with Crippen LogP contribution >= 0.6 is 11.3 Å². The fourth-order valence-electron chi connectivity index (χ4n) is 2.27. The van der Waals surface area contributed by atoms with Crippen molar-refractivity contribution in [2.45, 2.75) is 33.1 Å². The molecule has 0 atom stereocenters. The molecule has 130 valence electrons. The fourth-order valence-corrected chi connectivity index (χ4v) is 3.13. The largest absolute Gasteiger partial charge is 0.374 e. The van der Waals surface area contributed by atoms with Gasteiger partial charge < -0.3 is 10.1 Å². The summed E-state index contributed by atoms with van der Waals surface area (Å²) in [6.45, 7) is 5.09. The summed E-state index contributed by atoms with van der Waals surface area (Å²) in [6, 6.07) is 15.6. The van der Waals surface area contributed by atoms with Gasteiger partial charge in [0.1, 0.15) is 0 Å². The number of hydrogen-bond donors (Lipinski definition) is 2. The first-order chi connectivity index (χ1) is 12.1. The van der Waals surface area contributed by atoms with E-state index in [4.69, 9.17) is 4.74 Å². The van der Waals surface area contributed by atoms with E-state index in [1.807, 2.05) is 62.4 Å². The van der Waals surface area contributed by atoms with E-state index in [9.17, 15) is 4.79 Å². The van der Waals surface area contributed by atoms with Crippen molar-refractivity contribution in [1.82, 2.24) is 10.3 Å². The maximum Gasteiger partial charge on any atom is 0.321 e. The molecule has 2 amide bonds. The van der Waals surface area contributed by atoms with Crippen molar-refractivity contribution in [1.29, 1.82) is 0 Å². The molecular weight excluding hydrogens is 334 g/mol. The smallest absolute Gasteiger partial charge is 0.321 e. The van der Waals surface area contributed by atoms with Gasteiger partial charge in [0, 0.05) is 6.54 Å². The molecule has 3 rings (SSSR count). The number of para-hydroxylation sites is 1. The summed E-state index contributed by atoms with van der Waals surface area (Å²) >= 11 is 1.46. The fraction of sp³-hybridized carbons (Fsp3) is 0.263. The first-order valence-electron chi connectivity index (χ1n) is 8.20. The number of ether oxygens (including phenoxy) is 1. The van der Waals surface area contributed by atoms with Crippen LogP contribution in [-0.2, 0) is 17.9 Å². The number of urea groups is 1. The van der Waals surface area contributed by atoms with Crippen LogP contribution in [0.5, 0.6) is 0 Å². The molecule has 0 aliphatic heterocycles. The summed E-state index contributed by atoms with van der Waals surface area (Å²) in [5.41, 5.74) is 3.05. The van der Waals surface area contributed by atoms with Crippen molar-refractivity contribution in [3.8, 4) is 0 Å². The lowest BCUT2D eigenvalue weighted by Crippen LogP contribution is -2.28. The number of benzene rings is 2. The Labute approximate surface area is 151 Å². The predicted molar refractivity (Wildman–Crippen MR) is 102 cm³/mol. The molecule has 0 fully saturated rings. The lowest BCUT2D eigenvalue weighted by Gasteiger charge is -2.09. The van der Waals surface area contributed by atoms with Crippen LogP contribution in [0.25, 0.3) is 10.2 Å². The van der Waals surface area contributed by atoms with E-state index >= 15 is 0 Å². The average molecular weight is 355 g/mol. The summed E-state index contributed by atoms with van der Waals surface area (Å²) in [5.74, 6) is 0. The van der Waals surface area contributed by atoms with Gasteiger partial charge in [-0.05, 0) is 37.1 Å². The van der Waals surface area contributed by atoms with Gasteiger partial charge in [-0.1, -0.05) is 47.7 Å². The molecule has 0 bridgehead atoms. The SMILES string of the molecule is CC(C)OCc1ccc(CNC(=O)Nc2nc3ccccc3s2)cc1. The van der Waals surface area contributed by atoms with Crippen molar-refractivity contribution < 1.29 is 9.53 Å². The van der Waals surface area contributed by atoms with Gasteiger partial charge in [0.2, 0.25) is 0 Å². The predicted octanol–water partition coefficient (Wildman–Crippen LogP) is 4.54. The van der Waals surface area contributed by atoms with Gasteiger partial charge >= 0.3 is 6.03 Å². The van der Waals surface area contributed by atoms with E-state index in [1.54, 1.807) is 0 Å². The number of nitrogens with zero attached hydrogens (tertiary/aromatic N) is 1. The van der Waals surface area contributed by atoms with Crippen LogP contribution in [-0.4, -0.2) is 17.1 Å². The van der Waals surface area contributed by atoms with E-state index in [2.05, 4.69) is 15.6 Å². The Hall–Kier alpha value is -2.44. The summed E-state index contributed by atoms with van der Waals surface area (Å²) in [7, 11) is 0. The Bertz CT molecular complexity index is 810. The van der Waals surface area contributed by atoms with Crippen molar-refractivity contribution in [3.63, 3.8) is 0 Å². The summed E-state index contributed by atoms with van der Waals surface area (Å²) < 4.78 is 6.62. The molecule has 2 N–H and O–H groups in total. The normalized spacial score (nSPS) is 11.0. The Morgan fingerprint density at radius 1 is 1.12 bits per heavy atom. The van der Waals surface area contributed by atoms with Crippen LogP contribution in [0.1, 0.15) is 25.0 Å². The van der Waals surface area contributed by atoms with Crippen molar-refractivity contribution >= 4 is 32.7 Å². The third kappa shape index (κ3) is 5.01. The number of aromatic nitrogens is 1. The van der Waals surface area contributed by atoms with Crippen LogP contribution in [0.4, 0.5) is 9.93 Å². The molecule has 0 aliphatic carbocycles. The minimum Gasteiger partial charge on any atom is -0.374 e. The number of amides is 2. The van der Waals surface area contributed by atoms with Gasteiger partial charge in [-0.2, -0.15) is 0 Å². The number of carbonyl (C=O) groups is 1. The number of rotatable bonds is 6. The molecular formula is C19H21N3O2S. The first kappa shape index (κ1) is 17.4. The molecule has 0 unspecified atom stereocenters. The minimum atomic E-state index is -0.258. The van der Waals surface area contributed by atoms with Gasteiger partial charge in [0.15, 0.2) is 5.13 Å². The van der Waals surface area contributed by atoms with Gasteiger partial charge in [-0.15, -0.1) is 0 Å². The van der Waals surface area contributed by atoms with Crippen LogP contribution in [0.2, 0.25) is 0 Å². The molecule has 1 aromatic heterocycles. The summed E-state index contributed by atoms with van der Waals surface area (Å²) in [6.07, 6.45) is 0.215. The van der Waals surface area contributed by atoms with E-state index in [0.29, 0.717) is 18.3 Å². The highest BCUT2D eigenvalue weighted by molar-refractivity contribution is 7.22. The molecule has 1 heterocycles. The molecule has 0 saturated carbocycles. The van der Waals surface area contributed by atoms with Gasteiger partial charge in [-0.25, -0.2) is 9.78 Å². The van der Waals surface area contributed by atoms with Gasteiger partial charge in [0.05, 0.1) is 22.9 Å². The Morgan fingerprint density at radius 3 is 2.56 bits per heavy atom. The summed E-state index contributed by atoms with van der Waals surface area (Å²) in [5, 5.41) is 6.23. The third-order valence-electron chi connectivity index (χ3n) is 3.57. The van der Waals surface area contributed by atoms with Crippen LogP contribution in [0, 0.1) is 0 Å². The number of carbonyl (C=O) groups excluding carboxylic acids is 1. The molecule has 2 aromatic carbocycles. The zero-order chi connectivity index (χ0) is 17.6. The highest BCUT2D eigenvalue weighted by Gasteiger charge is 2.07. The van der Waals surface area contributed by atoms with Gasteiger partial charge in [-0.3, -0.25) is 5.32 Å². The van der Waals surface area contributed by atoms with E-state index in [-0.39, 0.29) is 12.1 Å². The maximum absolute atomic E-state index is 12.0. The molecule has 5 nitrogen and oxygen atoms in total. The quantitative estimate of drug-likeness (QED) is 0.682. The molecule has 0 saturated heterocycles. The Kier molecular flexibility index (Phi) is 5.63. The van der Waals surface area contributed by atoms with Crippen LogP contribution < -0.4 is 10.6 Å². The topological polar surface area (TPSA) is 63.2 Å². The first-order valence-corrected chi connectivity index (χ1v) is 9.01. The molecule has 25 heavy (non-hydrogen) atoms. The standard InChI is InChI=1S/C19H21N3O2S/c1-13(2)24-12-15-9-7-14(8-10-15)11-20-18(23)22-19-21-16-5-3-4-6-17(16)25-19/h3-10,13H,11-12H2,1-2H3,(H2,20,21,22,23). The molecule has 0 aliphatic rings. The number of fused-ring (bicyclic) bond motifs is 1. The van der Waals surface area contributed by atoms with Crippen molar-refractivity contribution in [2.24, 2.45) is 0 Å². The number of nitrogens with one attached hydrogen (secondary N) is 2. The van der Waals surface area contributed by atoms with Crippen LogP contribution in [0.3, 0.4) is 0 Å². The number of hydrogen-bond acceptors (Lipinski definition) is 4. The third-order valence-corrected chi connectivity index (χ3v) is 4.53. The Morgan fingerprint density at radius 2 is 1.84 bits per heavy atom. The zero-order valence-electron chi connectivity index (χ0n) is 14.3. The molecule has 6 heteroatoms. The molecule has 3 aromatic rings.